The van der Waals surface area contributed by atoms with E-state index in [1.807, 2.05) is 0 Å². The normalized spacial score (nSPS) is 18.5. The summed E-state index contributed by atoms with van der Waals surface area (Å²) < 4.78 is 43.2. The molecule has 1 aromatic heterocycles. The van der Waals surface area contributed by atoms with E-state index in [1.54, 1.807) is 7.05 Å². The van der Waals surface area contributed by atoms with Gasteiger partial charge in [-0.25, -0.2) is 9.97 Å². The summed E-state index contributed by atoms with van der Waals surface area (Å²) in [5, 5.41) is 8.94. The first-order valence-corrected chi connectivity index (χ1v) is 7.69. The number of rotatable bonds is 6. The Bertz CT molecular complexity index is 546. The molecule has 3 N–H and O–H groups in total. The van der Waals surface area contributed by atoms with Gasteiger partial charge in [-0.05, 0) is 18.9 Å². The average Bonchev–Trinajstić information content (AvgIpc) is 3.07. The van der Waals surface area contributed by atoms with E-state index in [1.165, 1.54) is 0 Å². The molecular weight excluding hydrogens is 325 g/mol. The molecule has 0 amide bonds. The van der Waals surface area contributed by atoms with Crippen molar-refractivity contribution in [2.75, 3.05) is 38.6 Å². The topological polar surface area (TPSA) is 83.5 Å². The van der Waals surface area contributed by atoms with Crippen LogP contribution in [0.1, 0.15) is 18.5 Å². The number of aromatic nitrogens is 2. The van der Waals surface area contributed by atoms with Crippen LogP contribution in [0.15, 0.2) is 17.3 Å². The summed E-state index contributed by atoms with van der Waals surface area (Å²) in [5.74, 6) is 0.547. The standard InChI is InChI=1S/C14H21F3N6O/c1-18-12(22-9-10-3-2-8-24-10)20-6-7-21-13-19-5-4-11(23-13)14(15,16)17/h4-5,10H,2-3,6-9H2,1H3,(H2,18,20,22)(H,19,21,23). The van der Waals surface area contributed by atoms with Gasteiger partial charge in [0.2, 0.25) is 5.95 Å². The molecule has 7 nitrogen and oxygen atoms in total. The predicted octanol–water partition coefficient (Wildman–Crippen LogP) is 1.25. The van der Waals surface area contributed by atoms with E-state index < -0.39 is 11.9 Å². The number of hydrogen-bond acceptors (Lipinski definition) is 5. The minimum absolute atomic E-state index is 0.0612. The molecule has 2 heterocycles. The van der Waals surface area contributed by atoms with E-state index in [4.69, 9.17) is 4.74 Å². The van der Waals surface area contributed by atoms with Crippen LogP contribution in [0.5, 0.6) is 0 Å². The van der Waals surface area contributed by atoms with Gasteiger partial charge in [0, 0.05) is 39.5 Å². The summed E-state index contributed by atoms with van der Waals surface area (Å²) in [7, 11) is 1.65. The van der Waals surface area contributed by atoms with Crippen molar-refractivity contribution in [3.8, 4) is 0 Å². The molecule has 1 fully saturated rings. The number of halogens is 3. The lowest BCUT2D eigenvalue weighted by Gasteiger charge is -2.15. The van der Waals surface area contributed by atoms with Gasteiger partial charge < -0.3 is 20.7 Å². The van der Waals surface area contributed by atoms with E-state index in [0.29, 0.717) is 25.6 Å². The number of anilines is 1. The fourth-order valence-electron chi connectivity index (χ4n) is 2.19. The Balaban J connectivity index is 1.69. The summed E-state index contributed by atoms with van der Waals surface area (Å²) >= 11 is 0. The van der Waals surface area contributed by atoms with Crippen LogP contribution < -0.4 is 16.0 Å². The Morgan fingerprint density at radius 1 is 1.38 bits per heavy atom. The number of hydrogen-bond donors (Lipinski definition) is 3. The fourth-order valence-corrected chi connectivity index (χ4v) is 2.19. The molecule has 0 spiro atoms. The molecule has 2 rings (SSSR count). The summed E-state index contributed by atoms with van der Waals surface area (Å²) in [6.07, 6.45) is -1.11. The third kappa shape index (κ3) is 5.84. The minimum Gasteiger partial charge on any atom is -0.376 e. The van der Waals surface area contributed by atoms with Crippen LogP contribution in [0.4, 0.5) is 19.1 Å². The SMILES string of the molecule is CN=C(NCCNc1nccc(C(F)(F)F)n1)NCC1CCCO1. The van der Waals surface area contributed by atoms with Gasteiger partial charge in [0.15, 0.2) is 5.96 Å². The lowest BCUT2D eigenvalue weighted by molar-refractivity contribution is -0.141. The molecule has 0 radical (unpaired) electrons. The Morgan fingerprint density at radius 3 is 2.88 bits per heavy atom. The van der Waals surface area contributed by atoms with Gasteiger partial charge in [0.1, 0.15) is 5.69 Å². The first-order chi connectivity index (χ1) is 11.5. The number of ether oxygens (including phenoxy) is 1. The summed E-state index contributed by atoms with van der Waals surface area (Å²) in [6, 6.07) is 0.834. The highest BCUT2D eigenvalue weighted by Gasteiger charge is 2.32. The van der Waals surface area contributed by atoms with Gasteiger partial charge in [-0.2, -0.15) is 13.2 Å². The second kappa shape index (κ2) is 8.67. The monoisotopic (exact) mass is 346 g/mol. The van der Waals surface area contributed by atoms with E-state index in [0.717, 1.165) is 31.7 Å². The van der Waals surface area contributed by atoms with Crippen molar-refractivity contribution in [3.05, 3.63) is 18.0 Å². The largest absolute Gasteiger partial charge is 0.433 e. The van der Waals surface area contributed by atoms with E-state index in [2.05, 4.69) is 30.9 Å². The molecule has 1 aliphatic heterocycles. The zero-order chi connectivity index (χ0) is 17.4. The number of nitrogens with zero attached hydrogens (tertiary/aromatic N) is 3. The van der Waals surface area contributed by atoms with E-state index in [9.17, 15) is 13.2 Å². The van der Waals surface area contributed by atoms with Crippen molar-refractivity contribution in [2.24, 2.45) is 4.99 Å². The van der Waals surface area contributed by atoms with Crippen molar-refractivity contribution >= 4 is 11.9 Å². The maximum atomic E-state index is 12.6. The number of alkyl halides is 3. The highest BCUT2D eigenvalue weighted by molar-refractivity contribution is 5.79. The van der Waals surface area contributed by atoms with Crippen molar-refractivity contribution < 1.29 is 17.9 Å². The Kier molecular flexibility index (Phi) is 6.59. The molecule has 1 unspecified atom stereocenters. The van der Waals surface area contributed by atoms with Gasteiger partial charge in [-0.1, -0.05) is 0 Å². The highest BCUT2D eigenvalue weighted by atomic mass is 19.4. The van der Waals surface area contributed by atoms with E-state index >= 15 is 0 Å². The molecule has 0 saturated carbocycles. The summed E-state index contributed by atoms with van der Waals surface area (Å²) in [6.45, 7) is 2.26. The molecule has 134 valence electrons. The molecule has 24 heavy (non-hydrogen) atoms. The predicted molar refractivity (Wildman–Crippen MR) is 83.9 cm³/mol. The van der Waals surface area contributed by atoms with Crippen LogP contribution in [-0.2, 0) is 10.9 Å². The molecule has 0 bridgehead atoms. The lowest BCUT2D eigenvalue weighted by Crippen LogP contribution is -2.42. The van der Waals surface area contributed by atoms with Gasteiger partial charge >= 0.3 is 6.18 Å². The van der Waals surface area contributed by atoms with Gasteiger partial charge in [-0.3, -0.25) is 4.99 Å². The third-order valence-electron chi connectivity index (χ3n) is 3.39. The van der Waals surface area contributed by atoms with Crippen molar-refractivity contribution in [2.45, 2.75) is 25.1 Å². The Labute approximate surface area is 138 Å². The van der Waals surface area contributed by atoms with Crippen LogP contribution in [-0.4, -0.2) is 55.3 Å². The van der Waals surface area contributed by atoms with Crippen molar-refractivity contribution in [1.82, 2.24) is 20.6 Å². The quantitative estimate of drug-likeness (QED) is 0.409. The van der Waals surface area contributed by atoms with E-state index in [-0.39, 0.29) is 12.1 Å². The third-order valence-corrected chi connectivity index (χ3v) is 3.39. The second-order valence-electron chi connectivity index (χ2n) is 5.20. The van der Waals surface area contributed by atoms with Crippen LogP contribution in [0.25, 0.3) is 0 Å². The Hall–Kier alpha value is -2.10. The molecule has 1 saturated heterocycles. The zero-order valence-electron chi connectivity index (χ0n) is 13.4. The molecule has 10 heteroatoms. The van der Waals surface area contributed by atoms with Crippen LogP contribution in [0.2, 0.25) is 0 Å². The molecule has 1 aliphatic rings. The number of guanidine groups is 1. The number of nitrogens with one attached hydrogen (secondary N) is 3. The zero-order valence-corrected chi connectivity index (χ0v) is 13.4. The maximum Gasteiger partial charge on any atom is 0.433 e. The van der Waals surface area contributed by atoms with Gasteiger partial charge in [0.05, 0.1) is 6.10 Å². The van der Waals surface area contributed by atoms with Crippen LogP contribution >= 0.6 is 0 Å². The van der Waals surface area contributed by atoms with Gasteiger partial charge in [-0.15, -0.1) is 0 Å². The first kappa shape index (κ1) is 18.2. The van der Waals surface area contributed by atoms with Crippen molar-refractivity contribution in [1.29, 1.82) is 0 Å². The summed E-state index contributed by atoms with van der Waals surface area (Å²) in [5.41, 5.74) is -0.970. The molecule has 0 aliphatic carbocycles. The fraction of sp³-hybridized carbons (Fsp3) is 0.643. The number of aliphatic imine (C=N–C) groups is 1. The lowest BCUT2D eigenvalue weighted by atomic mass is 10.2. The Morgan fingerprint density at radius 2 is 2.21 bits per heavy atom. The molecule has 1 aromatic rings. The first-order valence-electron chi connectivity index (χ1n) is 7.69. The van der Waals surface area contributed by atoms with Crippen molar-refractivity contribution in [3.63, 3.8) is 0 Å². The second-order valence-corrected chi connectivity index (χ2v) is 5.20. The van der Waals surface area contributed by atoms with Gasteiger partial charge in [0.25, 0.3) is 0 Å². The highest BCUT2D eigenvalue weighted by Crippen LogP contribution is 2.27. The minimum atomic E-state index is -4.48. The molecule has 1 atom stereocenters. The molecular formula is C14H21F3N6O. The summed E-state index contributed by atoms with van der Waals surface area (Å²) in [4.78, 5) is 11.3. The van der Waals surface area contributed by atoms with Crippen LogP contribution in [0.3, 0.4) is 0 Å². The average molecular weight is 346 g/mol. The molecule has 0 aromatic carbocycles. The van der Waals surface area contributed by atoms with Crippen LogP contribution in [0, 0.1) is 0 Å². The smallest absolute Gasteiger partial charge is 0.376 e. The maximum absolute atomic E-state index is 12.6.